The molecule has 3 N–H and O–H groups in total. The van der Waals surface area contributed by atoms with Gasteiger partial charge in [0.1, 0.15) is 11.5 Å². The number of methoxy groups -OCH3 is 2. The Hall–Kier alpha value is -3.73. The number of hydrogen-bond donors (Lipinski definition) is 3. The van der Waals surface area contributed by atoms with Crippen molar-refractivity contribution in [2.45, 2.75) is 37.1 Å². The maximum atomic E-state index is 13.0. The lowest BCUT2D eigenvalue weighted by Crippen LogP contribution is -2.49. The molecule has 0 radical (unpaired) electrons. The van der Waals surface area contributed by atoms with E-state index in [1.807, 2.05) is 24.4 Å². The Labute approximate surface area is 195 Å². The summed E-state index contributed by atoms with van der Waals surface area (Å²) in [5.74, 6) is 1.46. The molecule has 1 fully saturated rings. The van der Waals surface area contributed by atoms with Crippen molar-refractivity contribution < 1.29 is 14.3 Å². The molecule has 0 saturated heterocycles. The molecule has 8 heteroatoms. The average Bonchev–Trinajstić information content (AvgIpc) is 2.88. The normalized spacial score (nSPS) is 20.3. The van der Waals surface area contributed by atoms with E-state index in [-0.39, 0.29) is 17.4 Å². The minimum absolute atomic E-state index is 0.165. The number of rotatable bonds is 7. The van der Waals surface area contributed by atoms with E-state index in [9.17, 15) is 4.79 Å². The van der Waals surface area contributed by atoms with Gasteiger partial charge in [-0.15, -0.1) is 0 Å². The average molecular weight is 450 g/mol. The number of aliphatic imine (C=N–C) groups is 1. The second-order valence-corrected chi connectivity index (χ2v) is 8.16. The number of nitriles is 1. The molecular weight excluding hydrogens is 418 g/mol. The molecule has 0 aromatic heterocycles. The highest BCUT2D eigenvalue weighted by Crippen LogP contribution is 2.39. The molecule has 8 nitrogen and oxygen atoms in total. The fourth-order valence-corrected chi connectivity index (χ4v) is 4.37. The van der Waals surface area contributed by atoms with E-state index in [0.717, 1.165) is 25.7 Å². The van der Waals surface area contributed by atoms with Gasteiger partial charge in [-0.1, -0.05) is 30.3 Å². The summed E-state index contributed by atoms with van der Waals surface area (Å²) in [5.41, 5.74) is 1.53. The van der Waals surface area contributed by atoms with E-state index in [1.54, 1.807) is 39.5 Å². The molecule has 174 valence electrons. The van der Waals surface area contributed by atoms with Crippen LogP contribution >= 0.6 is 0 Å². The van der Waals surface area contributed by atoms with Gasteiger partial charge < -0.3 is 20.1 Å². The van der Waals surface area contributed by atoms with Crippen LogP contribution in [0.25, 0.3) is 0 Å². The Balaban J connectivity index is 1.74. The van der Waals surface area contributed by atoms with Gasteiger partial charge in [0, 0.05) is 36.7 Å². The fraction of sp³-hybridized carbons (Fsp3) is 0.400. The number of carbonyl (C=O) groups excluding carboxylic acids is 1. The Morgan fingerprint density at radius 1 is 1.12 bits per heavy atom. The summed E-state index contributed by atoms with van der Waals surface area (Å²) in [7, 11) is 4.77. The summed E-state index contributed by atoms with van der Waals surface area (Å²) in [6.07, 6.45) is 5.47. The summed E-state index contributed by atoms with van der Waals surface area (Å²) in [6.45, 7) is 0.521. The number of carbonyl (C=O) groups is 1. The van der Waals surface area contributed by atoms with E-state index < -0.39 is 0 Å². The van der Waals surface area contributed by atoms with Crippen molar-refractivity contribution in [3.8, 4) is 17.7 Å². The molecule has 0 unspecified atom stereocenters. The van der Waals surface area contributed by atoms with Gasteiger partial charge in [0.25, 0.3) is 5.91 Å². The smallest absolute Gasteiger partial charge is 0.251 e. The van der Waals surface area contributed by atoms with Crippen LogP contribution in [0.4, 0.5) is 0 Å². The van der Waals surface area contributed by atoms with Gasteiger partial charge in [0.05, 0.1) is 14.2 Å². The first-order valence-electron chi connectivity index (χ1n) is 11.0. The van der Waals surface area contributed by atoms with Crippen LogP contribution in [0.5, 0.6) is 11.5 Å². The highest BCUT2D eigenvalue weighted by molar-refractivity contribution is 5.95. The molecule has 0 aliphatic heterocycles. The lowest BCUT2D eigenvalue weighted by atomic mass is 9.68. The highest BCUT2D eigenvalue weighted by atomic mass is 16.5. The zero-order chi connectivity index (χ0) is 23.7. The van der Waals surface area contributed by atoms with Gasteiger partial charge >= 0.3 is 0 Å². The number of guanidine groups is 1. The molecule has 0 heterocycles. The highest BCUT2D eigenvalue weighted by Gasteiger charge is 2.37. The van der Waals surface area contributed by atoms with Crippen molar-refractivity contribution in [2.75, 3.05) is 27.8 Å². The van der Waals surface area contributed by atoms with Crippen LogP contribution in [0.3, 0.4) is 0 Å². The number of ether oxygens (including phenoxy) is 2. The number of hydrogen-bond acceptors (Lipinski definition) is 5. The Bertz CT molecular complexity index is 986. The second kappa shape index (κ2) is 11.2. The standard InChI is InChI=1S/C25H31N5O3/c1-27-24(29-17-26)30-20-9-11-25(12-10-20,19-7-5-4-6-8-19)16-28-23(31)18-13-21(32-2)15-22(14-18)33-3/h4-8,13-15,20H,9-12,16H2,1-3H3,(H,28,31)(H2,27,29,30). The summed E-state index contributed by atoms with van der Waals surface area (Å²) in [6, 6.07) is 15.7. The van der Waals surface area contributed by atoms with E-state index >= 15 is 0 Å². The van der Waals surface area contributed by atoms with Gasteiger partial charge in [0.15, 0.2) is 6.19 Å². The Morgan fingerprint density at radius 3 is 2.30 bits per heavy atom. The molecule has 1 saturated carbocycles. The van der Waals surface area contributed by atoms with Gasteiger partial charge in [-0.05, 0) is 43.4 Å². The van der Waals surface area contributed by atoms with Gasteiger partial charge in [-0.2, -0.15) is 5.26 Å². The van der Waals surface area contributed by atoms with Crippen LogP contribution in [0.15, 0.2) is 53.5 Å². The number of amides is 1. The third-order valence-corrected chi connectivity index (χ3v) is 6.27. The number of nitrogens with one attached hydrogen (secondary N) is 3. The summed E-state index contributed by atoms with van der Waals surface area (Å²) < 4.78 is 10.6. The predicted octanol–water partition coefficient (Wildman–Crippen LogP) is 2.96. The Kier molecular flexibility index (Phi) is 8.14. The van der Waals surface area contributed by atoms with Crippen LogP contribution in [-0.2, 0) is 5.41 Å². The zero-order valence-electron chi connectivity index (χ0n) is 19.4. The van der Waals surface area contributed by atoms with E-state index in [1.165, 1.54) is 5.56 Å². The monoisotopic (exact) mass is 449 g/mol. The maximum absolute atomic E-state index is 13.0. The first-order valence-corrected chi connectivity index (χ1v) is 11.0. The third-order valence-electron chi connectivity index (χ3n) is 6.27. The van der Waals surface area contributed by atoms with Crippen molar-refractivity contribution in [2.24, 2.45) is 4.99 Å². The third kappa shape index (κ3) is 5.95. The van der Waals surface area contributed by atoms with Crippen LogP contribution in [0.1, 0.15) is 41.6 Å². The molecule has 2 aromatic carbocycles. The quantitative estimate of drug-likeness (QED) is 0.260. The summed E-state index contributed by atoms with van der Waals surface area (Å²) in [4.78, 5) is 17.1. The summed E-state index contributed by atoms with van der Waals surface area (Å²) >= 11 is 0. The van der Waals surface area contributed by atoms with Crippen LogP contribution in [0.2, 0.25) is 0 Å². The summed E-state index contributed by atoms with van der Waals surface area (Å²) in [5, 5.41) is 17.9. The van der Waals surface area contributed by atoms with Crippen LogP contribution in [-0.4, -0.2) is 45.7 Å². The molecule has 1 aliphatic rings. The lowest BCUT2D eigenvalue weighted by Gasteiger charge is -2.41. The molecule has 3 rings (SSSR count). The molecule has 33 heavy (non-hydrogen) atoms. The molecule has 2 aromatic rings. The van der Waals surface area contributed by atoms with E-state index in [0.29, 0.717) is 29.6 Å². The molecule has 1 amide bonds. The fourth-order valence-electron chi connectivity index (χ4n) is 4.37. The largest absolute Gasteiger partial charge is 0.497 e. The van der Waals surface area contributed by atoms with Crippen molar-refractivity contribution in [1.29, 1.82) is 5.26 Å². The topological polar surface area (TPSA) is 108 Å². The minimum atomic E-state index is -0.176. The van der Waals surface area contributed by atoms with Crippen molar-refractivity contribution >= 4 is 11.9 Å². The second-order valence-electron chi connectivity index (χ2n) is 8.16. The van der Waals surface area contributed by atoms with Crippen molar-refractivity contribution in [1.82, 2.24) is 16.0 Å². The molecule has 0 spiro atoms. The first kappa shape index (κ1) is 23.9. The molecule has 0 atom stereocenters. The van der Waals surface area contributed by atoms with Crippen molar-refractivity contribution in [3.05, 3.63) is 59.7 Å². The molecule has 0 bridgehead atoms. The van der Waals surface area contributed by atoms with Crippen LogP contribution in [0, 0.1) is 11.5 Å². The van der Waals surface area contributed by atoms with E-state index in [4.69, 9.17) is 14.7 Å². The first-order chi connectivity index (χ1) is 16.0. The minimum Gasteiger partial charge on any atom is -0.497 e. The lowest BCUT2D eigenvalue weighted by molar-refractivity contribution is 0.0934. The van der Waals surface area contributed by atoms with Crippen LogP contribution < -0.4 is 25.4 Å². The predicted molar refractivity (Wildman–Crippen MR) is 127 cm³/mol. The van der Waals surface area contributed by atoms with Gasteiger partial charge in [-0.3, -0.25) is 15.1 Å². The molecule has 1 aliphatic carbocycles. The van der Waals surface area contributed by atoms with E-state index in [2.05, 4.69) is 33.1 Å². The SMILES string of the molecule is CN=C(NC#N)NC1CCC(CNC(=O)c2cc(OC)cc(OC)c2)(c2ccccc2)CC1. The Morgan fingerprint density at radius 2 is 1.76 bits per heavy atom. The molecular formula is C25H31N5O3. The maximum Gasteiger partial charge on any atom is 0.251 e. The number of nitrogens with zero attached hydrogens (tertiary/aromatic N) is 2. The van der Waals surface area contributed by atoms with Gasteiger partial charge in [-0.25, -0.2) is 0 Å². The van der Waals surface area contributed by atoms with Gasteiger partial charge in [0.2, 0.25) is 5.96 Å². The zero-order valence-corrected chi connectivity index (χ0v) is 19.4. The van der Waals surface area contributed by atoms with Crippen molar-refractivity contribution in [3.63, 3.8) is 0 Å². The number of benzene rings is 2.